The average molecular weight is 198 g/mol. The Balaban J connectivity index is 0.000001000. The Kier molecular flexibility index (Phi) is 4.95. The number of aromatic nitrogens is 1. The third-order valence-corrected chi connectivity index (χ3v) is 1.86. The van der Waals surface area contributed by atoms with Gasteiger partial charge in [0, 0.05) is 12.4 Å². The van der Waals surface area contributed by atoms with Crippen LogP contribution >= 0.6 is 0 Å². The molecule has 56 valence electrons. The van der Waals surface area contributed by atoms with E-state index in [2.05, 4.69) is 4.98 Å². The fourth-order valence-electron chi connectivity index (χ4n) is 0.515. The molecule has 0 atom stereocenters. The van der Waals surface area contributed by atoms with E-state index < -0.39 is 10.0 Å². The first-order valence-electron chi connectivity index (χ1n) is 2.53. The molecule has 1 aromatic rings. The Bertz CT molecular complexity index is 311. The van der Waals surface area contributed by atoms with E-state index in [9.17, 15) is 8.42 Å². The molecule has 0 aliphatic carbocycles. The summed E-state index contributed by atoms with van der Waals surface area (Å²) in [6.07, 6.45) is 2.68. The van der Waals surface area contributed by atoms with E-state index in [1.807, 2.05) is 0 Å². The van der Waals surface area contributed by atoms with Gasteiger partial charge in [0.05, 0.1) is 0 Å². The molecule has 0 aliphatic rings. The van der Waals surface area contributed by atoms with Crippen molar-refractivity contribution in [3.05, 3.63) is 24.5 Å². The van der Waals surface area contributed by atoms with Gasteiger partial charge in [-0.3, -0.25) is 4.98 Å². The molecule has 0 radical (unpaired) electrons. The molecular weight excluding hydrogens is 191 g/mol. The number of hydrogen-bond donors (Lipinski definition) is 1. The number of pyridine rings is 1. The molecular formula is C5H7KN2O2S. The summed E-state index contributed by atoms with van der Waals surface area (Å²) in [5.41, 5.74) is 0. The molecule has 0 aromatic carbocycles. The van der Waals surface area contributed by atoms with Crippen molar-refractivity contribution >= 4 is 61.4 Å². The monoisotopic (exact) mass is 198 g/mol. The molecule has 0 unspecified atom stereocenters. The zero-order valence-corrected chi connectivity index (χ0v) is 5.88. The van der Waals surface area contributed by atoms with E-state index in [4.69, 9.17) is 5.14 Å². The number of primary sulfonamides is 1. The molecule has 0 amide bonds. The Labute approximate surface area is 108 Å². The number of hydrogen-bond acceptors (Lipinski definition) is 3. The summed E-state index contributed by atoms with van der Waals surface area (Å²) in [5.74, 6) is 0. The third kappa shape index (κ3) is 3.75. The quantitative estimate of drug-likeness (QED) is 0.593. The van der Waals surface area contributed by atoms with Gasteiger partial charge in [0.1, 0.15) is 4.90 Å². The Hall–Kier alpha value is 0.696. The van der Waals surface area contributed by atoms with E-state index in [1.165, 1.54) is 24.5 Å². The maximum absolute atomic E-state index is 10.6. The average Bonchev–Trinajstić information content (AvgIpc) is 1.88. The van der Waals surface area contributed by atoms with Gasteiger partial charge in [-0.25, -0.2) is 13.6 Å². The van der Waals surface area contributed by atoms with Gasteiger partial charge in [-0.1, -0.05) is 0 Å². The minimum absolute atomic E-state index is 0. The summed E-state index contributed by atoms with van der Waals surface area (Å²) >= 11 is 0. The van der Waals surface area contributed by atoms with Crippen LogP contribution in [0, 0.1) is 0 Å². The van der Waals surface area contributed by atoms with Crippen molar-refractivity contribution in [1.82, 2.24) is 4.98 Å². The Morgan fingerprint density at radius 2 is 2.09 bits per heavy atom. The van der Waals surface area contributed by atoms with Crippen LogP contribution in [-0.2, 0) is 10.0 Å². The third-order valence-electron chi connectivity index (χ3n) is 0.963. The second kappa shape index (κ2) is 4.66. The van der Waals surface area contributed by atoms with E-state index in [0.717, 1.165) is 0 Å². The van der Waals surface area contributed by atoms with Gasteiger partial charge in [-0.05, 0) is 12.1 Å². The molecule has 1 heterocycles. The summed E-state index contributed by atoms with van der Waals surface area (Å²) in [6, 6.07) is 2.90. The molecule has 0 saturated heterocycles. The summed E-state index contributed by atoms with van der Waals surface area (Å²) in [4.78, 5) is 3.63. The van der Waals surface area contributed by atoms with Crippen LogP contribution in [-0.4, -0.2) is 64.8 Å². The number of sulfonamides is 1. The van der Waals surface area contributed by atoms with Crippen LogP contribution in [0.25, 0.3) is 0 Å². The fourth-order valence-corrected chi connectivity index (χ4v) is 0.991. The topological polar surface area (TPSA) is 73.1 Å². The van der Waals surface area contributed by atoms with Gasteiger partial charge in [-0.15, -0.1) is 0 Å². The second-order valence-corrected chi connectivity index (χ2v) is 3.30. The first kappa shape index (κ1) is 11.7. The molecule has 1 rings (SSSR count). The molecule has 6 heteroatoms. The second-order valence-electron chi connectivity index (χ2n) is 1.73. The molecule has 4 nitrogen and oxygen atoms in total. The zero-order valence-electron chi connectivity index (χ0n) is 5.06. The molecule has 1 aromatic heterocycles. The van der Waals surface area contributed by atoms with Gasteiger partial charge in [0.2, 0.25) is 10.0 Å². The number of nitrogens with zero attached hydrogens (tertiary/aromatic N) is 1. The standard InChI is InChI=1S/C5H6N2O2S.K.H/c6-10(8,9)5-2-1-3-7-4-5;;/h1-4H,(H2,6,8,9);;. The van der Waals surface area contributed by atoms with Crippen molar-refractivity contribution in [2.24, 2.45) is 5.14 Å². The van der Waals surface area contributed by atoms with Crippen molar-refractivity contribution < 1.29 is 8.42 Å². The summed E-state index contributed by atoms with van der Waals surface area (Å²) in [7, 11) is -3.57. The molecule has 11 heavy (non-hydrogen) atoms. The fraction of sp³-hybridized carbons (Fsp3) is 0. The van der Waals surface area contributed by atoms with Gasteiger partial charge < -0.3 is 0 Å². The van der Waals surface area contributed by atoms with Crippen molar-refractivity contribution in [2.45, 2.75) is 4.90 Å². The van der Waals surface area contributed by atoms with Gasteiger partial charge >= 0.3 is 51.4 Å². The predicted octanol–water partition coefficient (Wildman–Crippen LogP) is -0.920. The minimum atomic E-state index is -3.57. The van der Waals surface area contributed by atoms with Crippen LogP contribution in [0.4, 0.5) is 0 Å². The van der Waals surface area contributed by atoms with Crippen molar-refractivity contribution in [2.75, 3.05) is 0 Å². The Morgan fingerprint density at radius 1 is 1.45 bits per heavy atom. The Morgan fingerprint density at radius 3 is 2.36 bits per heavy atom. The normalized spacial score (nSPS) is 10.3. The molecule has 0 saturated carbocycles. The molecule has 0 fully saturated rings. The van der Waals surface area contributed by atoms with Crippen molar-refractivity contribution in [1.29, 1.82) is 0 Å². The van der Waals surface area contributed by atoms with E-state index in [1.54, 1.807) is 0 Å². The van der Waals surface area contributed by atoms with Gasteiger partial charge in [0.15, 0.2) is 0 Å². The van der Waals surface area contributed by atoms with E-state index in [0.29, 0.717) is 0 Å². The van der Waals surface area contributed by atoms with Crippen LogP contribution in [0.15, 0.2) is 29.4 Å². The molecule has 2 N–H and O–H groups in total. The molecule has 0 aliphatic heterocycles. The number of nitrogens with two attached hydrogens (primary N) is 1. The molecule has 0 bridgehead atoms. The van der Waals surface area contributed by atoms with E-state index in [-0.39, 0.29) is 56.3 Å². The van der Waals surface area contributed by atoms with Crippen molar-refractivity contribution in [3.63, 3.8) is 0 Å². The van der Waals surface area contributed by atoms with Gasteiger partial charge in [-0.2, -0.15) is 0 Å². The van der Waals surface area contributed by atoms with Crippen LogP contribution < -0.4 is 5.14 Å². The first-order valence-corrected chi connectivity index (χ1v) is 4.08. The maximum atomic E-state index is 10.6. The van der Waals surface area contributed by atoms with Crippen LogP contribution in [0.1, 0.15) is 0 Å². The number of rotatable bonds is 1. The van der Waals surface area contributed by atoms with Crippen LogP contribution in [0.2, 0.25) is 0 Å². The van der Waals surface area contributed by atoms with Crippen LogP contribution in [0.5, 0.6) is 0 Å². The zero-order chi connectivity index (χ0) is 7.61. The first-order chi connectivity index (χ1) is 4.61. The van der Waals surface area contributed by atoms with Gasteiger partial charge in [0.25, 0.3) is 0 Å². The summed E-state index contributed by atoms with van der Waals surface area (Å²) in [6.45, 7) is 0. The van der Waals surface area contributed by atoms with Crippen molar-refractivity contribution in [3.8, 4) is 0 Å². The molecule has 0 spiro atoms. The summed E-state index contributed by atoms with van der Waals surface area (Å²) in [5, 5.41) is 4.79. The predicted molar refractivity (Wildman–Crippen MR) is 42.8 cm³/mol. The van der Waals surface area contributed by atoms with Crippen LogP contribution in [0.3, 0.4) is 0 Å². The summed E-state index contributed by atoms with van der Waals surface area (Å²) < 4.78 is 21.1. The SMILES string of the molecule is NS(=O)(=O)c1cccnc1.[KH]. The van der Waals surface area contributed by atoms with E-state index >= 15 is 0 Å².